The topological polar surface area (TPSA) is 95.3 Å². The molecule has 1 fully saturated rings. The third kappa shape index (κ3) is 4.40. The summed E-state index contributed by atoms with van der Waals surface area (Å²) in [6, 6.07) is 14.8. The van der Waals surface area contributed by atoms with E-state index in [1.165, 1.54) is 6.26 Å². The highest BCUT2D eigenvalue weighted by Gasteiger charge is 2.20. The van der Waals surface area contributed by atoms with Gasteiger partial charge in [0.05, 0.1) is 47.0 Å². The molecule has 1 unspecified atom stereocenters. The Bertz CT molecular complexity index is 1310. The Morgan fingerprint density at radius 3 is 2.59 bits per heavy atom. The molecular formula is C24H26N4O3S. The summed E-state index contributed by atoms with van der Waals surface area (Å²) in [7, 11) is -3.38. The molecule has 8 heteroatoms. The molecule has 1 saturated heterocycles. The molecule has 2 aromatic carbocycles. The molecule has 1 aromatic heterocycles. The normalized spacial score (nSPS) is 15.4. The Hall–Kier alpha value is -3.15. The van der Waals surface area contributed by atoms with Crippen LogP contribution in [0.2, 0.25) is 0 Å². The van der Waals surface area contributed by atoms with E-state index in [2.05, 4.69) is 16.3 Å². The molecule has 1 aliphatic heterocycles. The minimum atomic E-state index is -3.38. The second-order valence-corrected chi connectivity index (χ2v) is 10.1. The van der Waals surface area contributed by atoms with Crippen molar-refractivity contribution in [2.24, 2.45) is 0 Å². The first-order valence-corrected chi connectivity index (χ1v) is 12.4. The number of hydrogen-bond acceptors (Lipinski definition) is 7. The maximum absolute atomic E-state index is 12.2. The Kier molecular flexibility index (Phi) is 6.04. The zero-order chi connectivity index (χ0) is 22.9. The first-order valence-electron chi connectivity index (χ1n) is 10.5. The number of para-hydroxylation sites is 1. The molecular weight excluding hydrogens is 424 g/mol. The number of rotatable bonds is 5. The molecule has 32 heavy (non-hydrogen) atoms. The van der Waals surface area contributed by atoms with Crippen LogP contribution in [-0.4, -0.2) is 46.0 Å². The molecule has 3 aromatic rings. The van der Waals surface area contributed by atoms with Gasteiger partial charge in [-0.05, 0) is 43.7 Å². The Labute approximate surface area is 188 Å². The monoisotopic (exact) mass is 450 g/mol. The lowest BCUT2D eigenvalue weighted by Gasteiger charge is -2.28. The Morgan fingerprint density at radius 1 is 1.19 bits per heavy atom. The van der Waals surface area contributed by atoms with E-state index in [1.807, 2.05) is 32.0 Å². The molecule has 0 saturated carbocycles. The fraction of sp³-hybridized carbons (Fsp3) is 0.333. The van der Waals surface area contributed by atoms with Crippen molar-refractivity contribution in [3.05, 3.63) is 59.2 Å². The van der Waals surface area contributed by atoms with Crippen molar-refractivity contribution >= 4 is 32.2 Å². The van der Waals surface area contributed by atoms with Crippen LogP contribution < -0.4 is 10.2 Å². The number of nitrogens with one attached hydrogen (secondary N) is 1. The minimum Gasteiger partial charge on any atom is -0.378 e. The lowest BCUT2D eigenvalue weighted by atomic mass is 9.98. The number of fused-ring (bicyclic) bond motifs is 1. The highest BCUT2D eigenvalue weighted by Crippen LogP contribution is 2.33. The SMILES string of the molecule is Cc1cc(C(C)Nc2ccccc2S(C)(=O)=O)c2nc(N3CCOCC3)cc(C#N)c2c1. The molecule has 166 valence electrons. The second-order valence-electron chi connectivity index (χ2n) is 8.12. The highest BCUT2D eigenvalue weighted by molar-refractivity contribution is 7.90. The van der Waals surface area contributed by atoms with Crippen molar-refractivity contribution in [1.29, 1.82) is 5.26 Å². The maximum atomic E-state index is 12.2. The number of ether oxygens (including phenoxy) is 1. The molecule has 1 atom stereocenters. The quantitative estimate of drug-likeness (QED) is 0.631. The van der Waals surface area contributed by atoms with Crippen LogP contribution in [0.4, 0.5) is 11.5 Å². The fourth-order valence-electron chi connectivity index (χ4n) is 4.09. The first kappa shape index (κ1) is 22.1. The smallest absolute Gasteiger partial charge is 0.177 e. The minimum absolute atomic E-state index is 0.237. The van der Waals surface area contributed by atoms with Crippen LogP contribution in [0.3, 0.4) is 0 Å². The molecule has 0 bridgehead atoms. The fourth-order valence-corrected chi connectivity index (χ4v) is 4.94. The van der Waals surface area contributed by atoms with E-state index in [-0.39, 0.29) is 10.9 Å². The van der Waals surface area contributed by atoms with E-state index in [4.69, 9.17) is 9.72 Å². The van der Waals surface area contributed by atoms with Gasteiger partial charge in [-0.1, -0.05) is 18.2 Å². The van der Waals surface area contributed by atoms with Gasteiger partial charge in [-0.3, -0.25) is 0 Å². The van der Waals surface area contributed by atoms with Crippen LogP contribution >= 0.6 is 0 Å². The molecule has 0 spiro atoms. The number of anilines is 2. The van der Waals surface area contributed by atoms with E-state index in [9.17, 15) is 13.7 Å². The zero-order valence-corrected chi connectivity index (χ0v) is 19.2. The van der Waals surface area contributed by atoms with Gasteiger partial charge in [-0.2, -0.15) is 5.26 Å². The summed E-state index contributed by atoms with van der Waals surface area (Å²) in [5.41, 5.74) is 3.78. The predicted octanol–water partition coefficient (Wildman–Crippen LogP) is 3.83. The van der Waals surface area contributed by atoms with Gasteiger partial charge in [-0.25, -0.2) is 13.4 Å². The summed E-state index contributed by atoms with van der Waals surface area (Å²) in [6.45, 7) is 6.66. The lowest BCUT2D eigenvalue weighted by molar-refractivity contribution is 0.122. The van der Waals surface area contributed by atoms with Crippen LogP contribution in [0.25, 0.3) is 10.9 Å². The number of aryl methyl sites for hydroxylation is 1. The standard InChI is InChI=1S/C24H26N4O3S/c1-16-12-19(17(2)26-21-6-4-5-7-22(21)32(3,29)30)24-20(13-16)18(15-25)14-23(27-24)28-8-10-31-11-9-28/h4-7,12-14,17,26H,8-11H2,1-3H3. The maximum Gasteiger partial charge on any atom is 0.177 e. The molecule has 1 aliphatic rings. The molecule has 0 amide bonds. The van der Waals surface area contributed by atoms with E-state index in [1.54, 1.807) is 24.3 Å². The average Bonchev–Trinajstić information content (AvgIpc) is 2.78. The Balaban J connectivity index is 1.82. The second kappa shape index (κ2) is 8.77. The number of benzene rings is 2. The van der Waals surface area contributed by atoms with Gasteiger partial charge in [0.25, 0.3) is 0 Å². The number of sulfone groups is 1. The van der Waals surface area contributed by atoms with Crippen LogP contribution in [0.15, 0.2) is 47.4 Å². The zero-order valence-electron chi connectivity index (χ0n) is 18.4. The number of pyridine rings is 1. The lowest BCUT2D eigenvalue weighted by Crippen LogP contribution is -2.36. The van der Waals surface area contributed by atoms with Crippen molar-refractivity contribution < 1.29 is 13.2 Å². The van der Waals surface area contributed by atoms with Crippen LogP contribution in [0, 0.1) is 18.3 Å². The van der Waals surface area contributed by atoms with Gasteiger partial charge in [-0.15, -0.1) is 0 Å². The summed E-state index contributed by atoms with van der Waals surface area (Å²) in [5.74, 6) is 0.756. The first-order chi connectivity index (χ1) is 15.3. The average molecular weight is 451 g/mol. The summed E-state index contributed by atoms with van der Waals surface area (Å²) >= 11 is 0. The Morgan fingerprint density at radius 2 is 1.91 bits per heavy atom. The summed E-state index contributed by atoms with van der Waals surface area (Å²) < 4.78 is 29.9. The summed E-state index contributed by atoms with van der Waals surface area (Å²) in [4.78, 5) is 7.33. The molecule has 4 rings (SSSR count). The van der Waals surface area contributed by atoms with Crippen molar-refractivity contribution in [3.63, 3.8) is 0 Å². The van der Waals surface area contributed by atoms with E-state index < -0.39 is 9.84 Å². The van der Waals surface area contributed by atoms with Gasteiger partial charge in [0.2, 0.25) is 0 Å². The summed E-state index contributed by atoms with van der Waals surface area (Å²) in [6.07, 6.45) is 1.20. The summed E-state index contributed by atoms with van der Waals surface area (Å²) in [5, 5.41) is 14.0. The number of hydrogen-bond donors (Lipinski definition) is 1. The van der Waals surface area contributed by atoms with Gasteiger partial charge in [0.15, 0.2) is 9.84 Å². The van der Waals surface area contributed by atoms with Crippen molar-refractivity contribution in [1.82, 2.24) is 4.98 Å². The van der Waals surface area contributed by atoms with Crippen LogP contribution in [0.1, 0.15) is 29.7 Å². The predicted molar refractivity (Wildman–Crippen MR) is 126 cm³/mol. The van der Waals surface area contributed by atoms with Gasteiger partial charge in [0, 0.05) is 30.3 Å². The molecule has 0 radical (unpaired) electrons. The van der Waals surface area contributed by atoms with Crippen LogP contribution in [0.5, 0.6) is 0 Å². The third-order valence-corrected chi connectivity index (χ3v) is 6.81. The van der Waals surface area contributed by atoms with E-state index in [0.717, 1.165) is 40.9 Å². The van der Waals surface area contributed by atoms with Gasteiger partial charge < -0.3 is 15.0 Å². The number of nitrogens with zero attached hydrogens (tertiary/aromatic N) is 3. The van der Waals surface area contributed by atoms with Crippen molar-refractivity contribution in [2.45, 2.75) is 24.8 Å². The number of morpholine rings is 1. The van der Waals surface area contributed by atoms with Crippen LogP contribution in [-0.2, 0) is 14.6 Å². The third-order valence-electron chi connectivity index (χ3n) is 5.65. The van der Waals surface area contributed by atoms with E-state index >= 15 is 0 Å². The van der Waals surface area contributed by atoms with Crippen molar-refractivity contribution in [3.8, 4) is 6.07 Å². The number of aromatic nitrogens is 1. The van der Waals surface area contributed by atoms with Gasteiger partial charge >= 0.3 is 0 Å². The highest BCUT2D eigenvalue weighted by atomic mass is 32.2. The molecule has 7 nitrogen and oxygen atoms in total. The number of nitriles is 1. The van der Waals surface area contributed by atoms with Crippen molar-refractivity contribution in [2.75, 3.05) is 42.8 Å². The molecule has 1 N–H and O–H groups in total. The van der Waals surface area contributed by atoms with E-state index in [0.29, 0.717) is 24.5 Å². The molecule has 0 aliphatic carbocycles. The molecule has 2 heterocycles. The van der Waals surface area contributed by atoms with Gasteiger partial charge in [0.1, 0.15) is 5.82 Å². The largest absolute Gasteiger partial charge is 0.378 e.